The quantitative estimate of drug-likeness (QED) is 0.824. The van der Waals surface area contributed by atoms with Gasteiger partial charge in [0.2, 0.25) is 10.0 Å². The van der Waals surface area contributed by atoms with Crippen molar-refractivity contribution in [1.29, 1.82) is 0 Å². The summed E-state index contributed by atoms with van der Waals surface area (Å²) in [6, 6.07) is 4.27. The lowest BCUT2D eigenvalue weighted by Gasteiger charge is -2.16. The largest absolute Gasteiger partial charge is 0.399 e. The van der Waals surface area contributed by atoms with E-state index in [-0.39, 0.29) is 16.5 Å². The van der Waals surface area contributed by atoms with Crippen molar-refractivity contribution in [3.8, 4) is 0 Å². The molecule has 0 saturated carbocycles. The Kier molecular flexibility index (Phi) is 3.98. The summed E-state index contributed by atoms with van der Waals surface area (Å²) in [5.74, 6) is 1.01. The van der Waals surface area contributed by atoms with Gasteiger partial charge in [0.25, 0.3) is 0 Å². The Morgan fingerprint density at radius 1 is 1.45 bits per heavy atom. The first-order valence-corrected chi connectivity index (χ1v) is 7.52. The molecule has 1 heterocycles. The summed E-state index contributed by atoms with van der Waals surface area (Å²) in [6.07, 6.45) is 0. The van der Waals surface area contributed by atoms with Crippen LogP contribution in [-0.2, 0) is 16.6 Å². The molecule has 0 fully saturated rings. The van der Waals surface area contributed by atoms with Gasteiger partial charge in [-0.15, -0.1) is 0 Å². The second kappa shape index (κ2) is 5.39. The number of rotatable bonds is 4. The fourth-order valence-corrected chi connectivity index (χ4v) is 3.29. The number of anilines is 1. The Morgan fingerprint density at radius 2 is 2.15 bits per heavy atom. The molecule has 0 aliphatic rings. The van der Waals surface area contributed by atoms with Crippen LogP contribution in [0.4, 0.5) is 5.69 Å². The van der Waals surface area contributed by atoms with Crippen LogP contribution in [0.5, 0.6) is 0 Å². The average Bonchev–Trinajstić information content (AvgIpc) is 2.74. The molecule has 0 aliphatic heterocycles. The zero-order valence-electron chi connectivity index (χ0n) is 11.0. The van der Waals surface area contributed by atoms with Gasteiger partial charge >= 0.3 is 0 Å². The van der Waals surface area contributed by atoms with E-state index < -0.39 is 10.0 Å². The van der Waals surface area contributed by atoms with Gasteiger partial charge in [-0.05, 0) is 25.1 Å². The Morgan fingerprint density at radius 3 is 2.70 bits per heavy atom. The van der Waals surface area contributed by atoms with E-state index in [0.29, 0.717) is 17.3 Å². The summed E-state index contributed by atoms with van der Waals surface area (Å²) in [5, 5.41) is 6.65. The second-order valence-corrected chi connectivity index (χ2v) is 6.71. The topological polar surface area (TPSA) is 105 Å². The molecule has 0 aliphatic carbocycles. The number of aromatic amines is 1. The maximum absolute atomic E-state index is 12.4. The van der Waals surface area contributed by atoms with Crippen molar-refractivity contribution in [3.05, 3.63) is 34.9 Å². The van der Waals surface area contributed by atoms with E-state index in [9.17, 15) is 8.42 Å². The molecule has 1 aromatic carbocycles. The maximum Gasteiger partial charge on any atom is 0.244 e. The van der Waals surface area contributed by atoms with Gasteiger partial charge in [-0.3, -0.25) is 5.10 Å². The van der Waals surface area contributed by atoms with Gasteiger partial charge in [-0.1, -0.05) is 11.6 Å². The first-order valence-electron chi connectivity index (χ1n) is 5.70. The summed E-state index contributed by atoms with van der Waals surface area (Å²) in [6.45, 7) is 1.79. The van der Waals surface area contributed by atoms with Crippen LogP contribution in [0.2, 0.25) is 5.02 Å². The smallest absolute Gasteiger partial charge is 0.244 e. The number of hydrogen-bond donors (Lipinski definition) is 2. The van der Waals surface area contributed by atoms with Crippen molar-refractivity contribution in [2.24, 2.45) is 0 Å². The van der Waals surface area contributed by atoms with E-state index in [2.05, 4.69) is 15.2 Å². The van der Waals surface area contributed by atoms with Crippen molar-refractivity contribution >= 4 is 27.3 Å². The third-order valence-electron chi connectivity index (χ3n) is 2.65. The van der Waals surface area contributed by atoms with Crippen LogP contribution >= 0.6 is 11.6 Å². The van der Waals surface area contributed by atoms with Gasteiger partial charge in [0.15, 0.2) is 5.82 Å². The number of nitrogen functional groups attached to an aromatic ring is 1. The van der Waals surface area contributed by atoms with Crippen LogP contribution in [0.1, 0.15) is 11.6 Å². The highest BCUT2D eigenvalue weighted by atomic mass is 35.5. The molecule has 7 nitrogen and oxygen atoms in total. The molecule has 2 aromatic rings. The fourth-order valence-electron chi connectivity index (χ4n) is 1.64. The van der Waals surface area contributed by atoms with E-state index >= 15 is 0 Å². The second-order valence-electron chi connectivity index (χ2n) is 4.29. The molecule has 0 saturated heterocycles. The monoisotopic (exact) mass is 315 g/mol. The fraction of sp³-hybridized carbons (Fsp3) is 0.273. The van der Waals surface area contributed by atoms with Crippen LogP contribution in [-0.4, -0.2) is 35.0 Å². The molecule has 1 aromatic heterocycles. The number of nitrogens with two attached hydrogens (primary N) is 1. The van der Waals surface area contributed by atoms with Gasteiger partial charge in [0.05, 0.1) is 11.6 Å². The van der Waals surface area contributed by atoms with Crippen LogP contribution in [0, 0.1) is 6.92 Å². The predicted molar refractivity (Wildman–Crippen MR) is 75.6 cm³/mol. The molecule has 0 bridgehead atoms. The molecule has 2 rings (SSSR count). The lowest BCUT2D eigenvalue weighted by molar-refractivity contribution is 0.457. The molecule has 0 spiro atoms. The number of hydrogen-bond acceptors (Lipinski definition) is 5. The van der Waals surface area contributed by atoms with E-state index in [1.54, 1.807) is 6.92 Å². The average molecular weight is 316 g/mol. The predicted octanol–water partition coefficient (Wildman–Crippen LogP) is 1.17. The van der Waals surface area contributed by atoms with Crippen molar-refractivity contribution in [3.63, 3.8) is 0 Å². The van der Waals surface area contributed by atoms with Crippen LogP contribution in [0.25, 0.3) is 0 Å². The number of aryl methyl sites for hydroxylation is 1. The number of benzene rings is 1. The number of halogens is 1. The van der Waals surface area contributed by atoms with Gasteiger partial charge < -0.3 is 5.73 Å². The molecule has 20 heavy (non-hydrogen) atoms. The normalized spacial score (nSPS) is 12.0. The number of nitrogens with zero attached hydrogens (tertiary/aromatic N) is 3. The highest BCUT2D eigenvalue weighted by Gasteiger charge is 2.24. The highest BCUT2D eigenvalue weighted by molar-refractivity contribution is 7.89. The summed E-state index contributed by atoms with van der Waals surface area (Å²) in [7, 11) is -2.29. The first-order chi connectivity index (χ1) is 9.30. The summed E-state index contributed by atoms with van der Waals surface area (Å²) >= 11 is 5.94. The molecule has 108 valence electrons. The Hall–Kier alpha value is -1.64. The van der Waals surface area contributed by atoms with E-state index in [1.807, 2.05) is 0 Å². The van der Waals surface area contributed by atoms with E-state index in [0.717, 1.165) is 4.31 Å². The lowest BCUT2D eigenvalue weighted by atomic mass is 10.3. The van der Waals surface area contributed by atoms with Gasteiger partial charge in [0.1, 0.15) is 10.7 Å². The van der Waals surface area contributed by atoms with Crippen LogP contribution < -0.4 is 5.73 Å². The molecule has 3 N–H and O–H groups in total. The van der Waals surface area contributed by atoms with Crippen LogP contribution in [0.3, 0.4) is 0 Å². The summed E-state index contributed by atoms with van der Waals surface area (Å²) in [5.41, 5.74) is 5.96. The minimum atomic E-state index is -3.72. The Labute approximate surface area is 121 Å². The maximum atomic E-state index is 12.4. The van der Waals surface area contributed by atoms with Crippen molar-refractivity contribution < 1.29 is 8.42 Å². The van der Waals surface area contributed by atoms with E-state index in [4.69, 9.17) is 17.3 Å². The minimum Gasteiger partial charge on any atom is -0.399 e. The van der Waals surface area contributed by atoms with Gasteiger partial charge in [-0.2, -0.15) is 9.40 Å². The minimum absolute atomic E-state index is 0.00289. The zero-order chi connectivity index (χ0) is 14.9. The SMILES string of the molecule is Cc1nc(CN(C)S(=O)(=O)c2ccc(N)cc2Cl)n[nH]1. The first kappa shape index (κ1) is 14.8. The molecule has 0 radical (unpaired) electrons. The van der Waals surface area contributed by atoms with Crippen molar-refractivity contribution in [1.82, 2.24) is 19.5 Å². The Bertz CT molecular complexity index is 728. The molecular weight excluding hydrogens is 302 g/mol. The molecule has 0 unspecified atom stereocenters. The van der Waals surface area contributed by atoms with Crippen molar-refractivity contribution in [2.75, 3.05) is 12.8 Å². The van der Waals surface area contributed by atoms with Crippen LogP contribution in [0.15, 0.2) is 23.1 Å². The molecule has 0 amide bonds. The zero-order valence-corrected chi connectivity index (χ0v) is 12.5. The number of H-pyrrole nitrogens is 1. The Balaban J connectivity index is 2.29. The lowest BCUT2D eigenvalue weighted by Crippen LogP contribution is -2.27. The number of aromatic nitrogens is 3. The standard InChI is InChI=1S/C11H14ClN5O2S/c1-7-14-11(16-15-7)6-17(2)20(18,19)10-4-3-8(13)5-9(10)12/h3-5H,6,13H2,1-2H3,(H,14,15,16). The molecular formula is C11H14ClN5O2S. The highest BCUT2D eigenvalue weighted by Crippen LogP contribution is 2.26. The van der Waals surface area contributed by atoms with E-state index in [1.165, 1.54) is 25.2 Å². The third-order valence-corrected chi connectivity index (χ3v) is 4.94. The number of nitrogens with one attached hydrogen (secondary N) is 1. The molecule has 0 atom stereocenters. The van der Waals surface area contributed by atoms with Gasteiger partial charge in [-0.25, -0.2) is 13.4 Å². The summed E-state index contributed by atoms with van der Waals surface area (Å²) in [4.78, 5) is 4.07. The summed E-state index contributed by atoms with van der Waals surface area (Å²) < 4.78 is 26.0. The van der Waals surface area contributed by atoms with Crippen molar-refractivity contribution in [2.45, 2.75) is 18.4 Å². The van der Waals surface area contributed by atoms with Gasteiger partial charge in [0, 0.05) is 12.7 Å². The number of sulfonamides is 1. The third kappa shape index (κ3) is 2.92. The molecule has 9 heteroatoms.